The topological polar surface area (TPSA) is 35.5 Å². The molecule has 0 bridgehead atoms. The highest BCUT2D eigenvalue weighted by Gasteiger charge is 2.09. The Bertz CT molecular complexity index is 321. The number of carbonyl (C=O) groups excluding carboxylic acids is 1. The van der Waals surface area contributed by atoms with Gasteiger partial charge in [0.2, 0.25) is 0 Å². The van der Waals surface area contributed by atoms with Crippen LogP contribution in [-0.2, 0) is 20.9 Å². The van der Waals surface area contributed by atoms with Crippen LogP contribution in [0.15, 0.2) is 30.3 Å². The average Bonchev–Trinajstić information content (AvgIpc) is 2.30. The Morgan fingerprint density at radius 2 is 2.00 bits per heavy atom. The van der Waals surface area contributed by atoms with Crippen molar-refractivity contribution in [1.29, 1.82) is 0 Å². The van der Waals surface area contributed by atoms with Gasteiger partial charge in [-0.1, -0.05) is 37.3 Å². The van der Waals surface area contributed by atoms with E-state index in [0.29, 0.717) is 26.2 Å². The minimum absolute atomic E-state index is 0.150. The van der Waals surface area contributed by atoms with E-state index in [4.69, 9.17) is 9.47 Å². The quantitative estimate of drug-likeness (QED) is 0.683. The van der Waals surface area contributed by atoms with Gasteiger partial charge < -0.3 is 9.47 Å². The molecule has 0 aromatic heterocycles. The number of esters is 1. The van der Waals surface area contributed by atoms with Crippen LogP contribution in [-0.4, -0.2) is 19.2 Å². The molecule has 0 aliphatic carbocycles. The molecule has 0 saturated carbocycles. The van der Waals surface area contributed by atoms with E-state index in [9.17, 15) is 4.79 Å². The zero-order valence-electron chi connectivity index (χ0n) is 10.5. The third kappa shape index (κ3) is 6.07. The van der Waals surface area contributed by atoms with Gasteiger partial charge >= 0.3 is 5.97 Å². The second-order valence-corrected chi connectivity index (χ2v) is 4.12. The summed E-state index contributed by atoms with van der Waals surface area (Å²) >= 11 is 0. The zero-order chi connectivity index (χ0) is 12.5. The molecule has 17 heavy (non-hydrogen) atoms. The first-order chi connectivity index (χ1) is 8.22. The molecule has 94 valence electrons. The highest BCUT2D eigenvalue weighted by Crippen LogP contribution is 2.07. The van der Waals surface area contributed by atoms with Crippen molar-refractivity contribution in [3.8, 4) is 0 Å². The lowest BCUT2D eigenvalue weighted by atomic mass is 10.1. The number of carbonyl (C=O) groups is 1. The standard InChI is InChI=1S/C14H20O3/c1-3-17-14(15)9-12(2)10-16-11-13-7-5-4-6-8-13/h4-8,12H,3,9-11H2,1-2H3. The lowest BCUT2D eigenvalue weighted by Crippen LogP contribution is -2.13. The number of hydrogen-bond donors (Lipinski definition) is 0. The van der Waals surface area contributed by atoms with Crippen molar-refractivity contribution in [3.63, 3.8) is 0 Å². The van der Waals surface area contributed by atoms with Crippen LogP contribution in [0.2, 0.25) is 0 Å². The summed E-state index contributed by atoms with van der Waals surface area (Å²) in [5.74, 6) is 0.0427. The number of ether oxygens (including phenoxy) is 2. The molecule has 1 unspecified atom stereocenters. The SMILES string of the molecule is CCOC(=O)CC(C)COCc1ccccc1. The molecular formula is C14H20O3. The van der Waals surface area contributed by atoms with Gasteiger partial charge in [-0.2, -0.15) is 0 Å². The fourth-order valence-corrected chi connectivity index (χ4v) is 1.52. The molecule has 0 heterocycles. The number of benzene rings is 1. The fraction of sp³-hybridized carbons (Fsp3) is 0.500. The van der Waals surface area contributed by atoms with Crippen molar-refractivity contribution in [1.82, 2.24) is 0 Å². The Balaban J connectivity index is 2.16. The summed E-state index contributed by atoms with van der Waals surface area (Å²) in [5, 5.41) is 0. The van der Waals surface area contributed by atoms with Crippen molar-refractivity contribution in [2.24, 2.45) is 5.92 Å². The summed E-state index contributed by atoms with van der Waals surface area (Å²) in [7, 11) is 0. The first kappa shape index (κ1) is 13.7. The molecule has 0 amide bonds. The van der Waals surface area contributed by atoms with Crippen LogP contribution in [0, 0.1) is 5.92 Å². The van der Waals surface area contributed by atoms with Crippen LogP contribution in [0.5, 0.6) is 0 Å². The molecule has 1 aromatic carbocycles. The van der Waals surface area contributed by atoms with Crippen LogP contribution in [0.4, 0.5) is 0 Å². The number of hydrogen-bond acceptors (Lipinski definition) is 3. The summed E-state index contributed by atoms with van der Waals surface area (Å²) < 4.78 is 10.4. The molecule has 0 radical (unpaired) electrons. The Labute approximate surface area is 103 Å². The Kier molecular flexibility index (Phi) is 6.33. The first-order valence-corrected chi connectivity index (χ1v) is 5.99. The van der Waals surface area contributed by atoms with Gasteiger partial charge in [-0.05, 0) is 18.4 Å². The van der Waals surface area contributed by atoms with Crippen molar-refractivity contribution in [2.75, 3.05) is 13.2 Å². The van der Waals surface area contributed by atoms with Gasteiger partial charge in [-0.15, -0.1) is 0 Å². The molecule has 1 aromatic rings. The molecule has 0 spiro atoms. The molecule has 0 fully saturated rings. The van der Waals surface area contributed by atoms with E-state index in [0.717, 1.165) is 5.56 Å². The number of rotatable bonds is 7. The van der Waals surface area contributed by atoms with Crippen LogP contribution >= 0.6 is 0 Å². The molecule has 1 atom stereocenters. The second kappa shape index (κ2) is 7.85. The van der Waals surface area contributed by atoms with E-state index in [1.807, 2.05) is 44.2 Å². The normalized spacial score (nSPS) is 12.1. The smallest absolute Gasteiger partial charge is 0.306 e. The van der Waals surface area contributed by atoms with E-state index in [-0.39, 0.29) is 11.9 Å². The summed E-state index contributed by atoms with van der Waals surface area (Å²) in [6, 6.07) is 10.0. The highest BCUT2D eigenvalue weighted by molar-refractivity contribution is 5.69. The van der Waals surface area contributed by atoms with E-state index >= 15 is 0 Å². The molecular weight excluding hydrogens is 216 g/mol. The summed E-state index contributed by atoms with van der Waals surface area (Å²) in [6.07, 6.45) is 0.419. The minimum atomic E-state index is -0.150. The highest BCUT2D eigenvalue weighted by atomic mass is 16.5. The van der Waals surface area contributed by atoms with Gasteiger partial charge in [-0.25, -0.2) is 0 Å². The summed E-state index contributed by atoms with van der Waals surface area (Å²) in [4.78, 5) is 11.2. The second-order valence-electron chi connectivity index (χ2n) is 4.12. The van der Waals surface area contributed by atoms with Crippen LogP contribution < -0.4 is 0 Å². The van der Waals surface area contributed by atoms with Crippen molar-refractivity contribution in [2.45, 2.75) is 26.9 Å². The van der Waals surface area contributed by atoms with Gasteiger partial charge in [-0.3, -0.25) is 4.79 Å². The molecule has 0 aliphatic rings. The van der Waals surface area contributed by atoms with Crippen molar-refractivity contribution in [3.05, 3.63) is 35.9 Å². The zero-order valence-corrected chi connectivity index (χ0v) is 10.5. The third-order valence-electron chi connectivity index (χ3n) is 2.33. The summed E-state index contributed by atoms with van der Waals surface area (Å²) in [6.45, 7) is 5.41. The molecule has 3 heteroatoms. The largest absolute Gasteiger partial charge is 0.466 e. The van der Waals surface area contributed by atoms with Gasteiger partial charge in [0.05, 0.1) is 26.2 Å². The molecule has 0 saturated heterocycles. The molecule has 0 N–H and O–H groups in total. The lowest BCUT2D eigenvalue weighted by Gasteiger charge is -2.11. The Hall–Kier alpha value is -1.35. The van der Waals surface area contributed by atoms with E-state index in [1.165, 1.54) is 0 Å². The van der Waals surface area contributed by atoms with Crippen LogP contribution in [0.3, 0.4) is 0 Å². The fourth-order valence-electron chi connectivity index (χ4n) is 1.52. The average molecular weight is 236 g/mol. The Morgan fingerprint density at radius 1 is 1.29 bits per heavy atom. The molecule has 3 nitrogen and oxygen atoms in total. The summed E-state index contributed by atoms with van der Waals surface area (Å²) in [5.41, 5.74) is 1.15. The Morgan fingerprint density at radius 3 is 2.65 bits per heavy atom. The first-order valence-electron chi connectivity index (χ1n) is 5.99. The predicted molar refractivity (Wildman–Crippen MR) is 66.5 cm³/mol. The van der Waals surface area contributed by atoms with Gasteiger partial charge in [0.1, 0.15) is 0 Å². The molecule has 0 aliphatic heterocycles. The van der Waals surface area contributed by atoms with E-state index in [2.05, 4.69) is 0 Å². The molecule has 1 rings (SSSR count). The van der Waals surface area contributed by atoms with Gasteiger partial charge in [0.25, 0.3) is 0 Å². The minimum Gasteiger partial charge on any atom is -0.466 e. The monoisotopic (exact) mass is 236 g/mol. The van der Waals surface area contributed by atoms with Gasteiger partial charge in [0.15, 0.2) is 0 Å². The maximum atomic E-state index is 11.2. The van der Waals surface area contributed by atoms with Crippen LogP contribution in [0.1, 0.15) is 25.8 Å². The van der Waals surface area contributed by atoms with Crippen molar-refractivity contribution < 1.29 is 14.3 Å². The lowest BCUT2D eigenvalue weighted by molar-refractivity contribution is -0.144. The van der Waals surface area contributed by atoms with Crippen LogP contribution in [0.25, 0.3) is 0 Å². The van der Waals surface area contributed by atoms with Gasteiger partial charge in [0, 0.05) is 0 Å². The third-order valence-corrected chi connectivity index (χ3v) is 2.33. The van der Waals surface area contributed by atoms with Crippen molar-refractivity contribution >= 4 is 5.97 Å². The van der Waals surface area contributed by atoms with E-state index < -0.39 is 0 Å². The maximum absolute atomic E-state index is 11.2. The van der Waals surface area contributed by atoms with E-state index in [1.54, 1.807) is 0 Å². The maximum Gasteiger partial charge on any atom is 0.306 e. The predicted octanol–water partition coefficient (Wildman–Crippen LogP) is 2.79.